The second kappa shape index (κ2) is 8.34. The molecule has 29 heavy (non-hydrogen) atoms. The molecule has 0 bridgehead atoms. The summed E-state index contributed by atoms with van der Waals surface area (Å²) in [5, 5.41) is 7.03. The lowest BCUT2D eigenvalue weighted by molar-refractivity contribution is 0.194. The van der Waals surface area contributed by atoms with Gasteiger partial charge in [0.2, 0.25) is 11.7 Å². The van der Waals surface area contributed by atoms with Crippen LogP contribution in [0.5, 0.6) is 0 Å². The van der Waals surface area contributed by atoms with Crippen LogP contribution in [0.1, 0.15) is 17.0 Å². The highest BCUT2D eigenvalue weighted by Crippen LogP contribution is 2.27. The summed E-state index contributed by atoms with van der Waals surface area (Å²) in [4.78, 5) is 21.0. The van der Waals surface area contributed by atoms with Gasteiger partial charge in [-0.2, -0.15) is 4.98 Å². The van der Waals surface area contributed by atoms with Crippen LogP contribution in [0.2, 0.25) is 0 Å². The van der Waals surface area contributed by atoms with Crippen molar-refractivity contribution in [3.05, 3.63) is 65.5 Å². The summed E-state index contributed by atoms with van der Waals surface area (Å²) in [6, 6.07) is 16.1. The number of carbonyl (C=O) groups is 1. The zero-order chi connectivity index (χ0) is 20.2. The number of nitrogens with one attached hydrogen (secondary N) is 1. The minimum atomic E-state index is -0.0127. The van der Waals surface area contributed by atoms with Crippen LogP contribution in [0.3, 0.4) is 0 Å². The Bertz CT molecular complexity index is 978. The monoisotopic (exact) mass is 391 g/mol. The van der Waals surface area contributed by atoms with Gasteiger partial charge in [-0.15, -0.1) is 0 Å². The predicted octanol–water partition coefficient (Wildman–Crippen LogP) is 3.39. The molecule has 0 spiro atoms. The summed E-state index contributed by atoms with van der Waals surface area (Å²) >= 11 is 0. The summed E-state index contributed by atoms with van der Waals surface area (Å²) in [7, 11) is 0. The molecule has 0 unspecified atom stereocenters. The molecule has 0 saturated carbocycles. The lowest BCUT2D eigenvalue weighted by atomic mass is 10.1. The van der Waals surface area contributed by atoms with Crippen LogP contribution in [0.25, 0.3) is 11.4 Å². The molecule has 1 fully saturated rings. The number of urea groups is 1. The molecule has 2 aromatic carbocycles. The van der Waals surface area contributed by atoms with E-state index in [9.17, 15) is 4.79 Å². The molecule has 1 aliphatic rings. The van der Waals surface area contributed by atoms with E-state index >= 15 is 0 Å². The van der Waals surface area contributed by atoms with Gasteiger partial charge in [0.1, 0.15) is 0 Å². The van der Waals surface area contributed by atoms with Gasteiger partial charge < -0.3 is 19.6 Å². The van der Waals surface area contributed by atoms with Crippen molar-refractivity contribution < 1.29 is 9.32 Å². The van der Waals surface area contributed by atoms with Crippen LogP contribution in [0.4, 0.5) is 10.5 Å². The standard InChI is InChI=1S/C22H25N5O2/c1-16-8-9-19(21-24-17(2)29-25-21)14-20(16)26-10-12-27(13-11-26)22(28)23-15-18-6-4-3-5-7-18/h3-9,14H,10-13,15H2,1-2H3,(H,23,28). The predicted molar refractivity (Wildman–Crippen MR) is 112 cm³/mol. The molecule has 150 valence electrons. The van der Waals surface area contributed by atoms with Gasteiger partial charge in [0.05, 0.1) is 0 Å². The number of aromatic nitrogens is 2. The number of piperazine rings is 1. The Morgan fingerprint density at radius 1 is 1.07 bits per heavy atom. The maximum absolute atomic E-state index is 12.5. The van der Waals surface area contributed by atoms with Crippen LogP contribution in [-0.2, 0) is 6.54 Å². The van der Waals surface area contributed by atoms with Gasteiger partial charge >= 0.3 is 6.03 Å². The lowest BCUT2D eigenvalue weighted by Gasteiger charge is -2.37. The largest absolute Gasteiger partial charge is 0.368 e. The second-order valence-corrected chi connectivity index (χ2v) is 7.26. The van der Waals surface area contributed by atoms with Gasteiger partial charge in [-0.25, -0.2) is 4.79 Å². The minimum absolute atomic E-state index is 0.0127. The Balaban J connectivity index is 1.37. The van der Waals surface area contributed by atoms with Crippen LogP contribution < -0.4 is 10.2 Å². The molecule has 7 heteroatoms. The lowest BCUT2D eigenvalue weighted by Crippen LogP contribution is -2.51. The SMILES string of the molecule is Cc1nc(-c2ccc(C)c(N3CCN(C(=O)NCc4ccccc4)CC3)c2)no1. The number of carbonyl (C=O) groups excluding carboxylic acids is 1. The molecule has 3 aromatic rings. The number of benzene rings is 2. The Hall–Kier alpha value is -3.35. The zero-order valence-electron chi connectivity index (χ0n) is 16.8. The van der Waals surface area contributed by atoms with E-state index in [4.69, 9.17) is 4.52 Å². The van der Waals surface area contributed by atoms with Crippen LogP contribution in [0.15, 0.2) is 53.1 Å². The first-order valence-electron chi connectivity index (χ1n) is 9.83. The maximum atomic E-state index is 12.5. The van der Waals surface area contributed by atoms with Gasteiger partial charge in [-0.1, -0.05) is 47.6 Å². The Morgan fingerprint density at radius 2 is 1.83 bits per heavy atom. The Morgan fingerprint density at radius 3 is 2.52 bits per heavy atom. The molecule has 2 heterocycles. The number of aryl methyl sites for hydroxylation is 2. The fraction of sp³-hybridized carbons (Fsp3) is 0.318. The number of amides is 2. The molecule has 1 N–H and O–H groups in total. The normalized spacial score (nSPS) is 14.1. The summed E-state index contributed by atoms with van der Waals surface area (Å²) in [6.45, 7) is 7.37. The van der Waals surface area contributed by atoms with Crippen molar-refractivity contribution in [2.24, 2.45) is 0 Å². The molecular weight excluding hydrogens is 366 g/mol. The second-order valence-electron chi connectivity index (χ2n) is 7.26. The minimum Gasteiger partial charge on any atom is -0.368 e. The molecule has 0 atom stereocenters. The van der Waals surface area contributed by atoms with Crippen molar-refractivity contribution >= 4 is 11.7 Å². The maximum Gasteiger partial charge on any atom is 0.317 e. The summed E-state index contributed by atoms with van der Waals surface area (Å²) < 4.78 is 5.10. The molecule has 1 aliphatic heterocycles. The van der Waals surface area contributed by atoms with E-state index in [-0.39, 0.29) is 6.03 Å². The average Bonchev–Trinajstić information content (AvgIpc) is 3.19. The van der Waals surface area contributed by atoms with Crippen LogP contribution in [-0.4, -0.2) is 47.3 Å². The van der Waals surface area contributed by atoms with Crippen molar-refractivity contribution in [1.29, 1.82) is 0 Å². The van der Waals surface area contributed by atoms with Crippen LogP contribution >= 0.6 is 0 Å². The first-order chi connectivity index (χ1) is 14.1. The molecule has 0 aliphatic carbocycles. The molecule has 0 radical (unpaired) electrons. The van der Waals surface area contributed by atoms with Crippen LogP contribution in [0, 0.1) is 13.8 Å². The van der Waals surface area contributed by atoms with E-state index in [1.807, 2.05) is 41.3 Å². The fourth-order valence-electron chi connectivity index (χ4n) is 3.54. The first kappa shape index (κ1) is 19.0. The van der Waals surface area contributed by atoms with Gasteiger partial charge in [0.15, 0.2) is 0 Å². The molecule has 1 aromatic heterocycles. The number of rotatable bonds is 4. The third-order valence-corrected chi connectivity index (χ3v) is 5.19. The number of nitrogens with zero attached hydrogens (tertiary/aromatic N) is 4. The number of anilines is 1. The highest BCUT2D eigenvalue weighted by Gasteiger charge is 2.22. The van der Waals surface area contributed by atoms with Crippen molar-refractivity contribution in [2.45, 2.75) is 20.4 Å². The van der Waals surface area contributed by atoms with E-state index in [1.165, 1.54) is 5.56 Å². The van der Waals surface area contributed by atoms with E-state index < -0.39 is 0 Å². The Labute approximate surface area is 170 Å². The average molecular weight is 391 g/mol. The van der Waals surface area contributed by atoms with Crippen molar-refractivity contribution in [2.75, 3.05) is 31.1 Å². The highest BCUT2D eigenvalue weighted by molar-refractivity contribution is 5.75. The van der Waals surface area contributed by atoms with Crippen molar-refractivity contribution in [3.8, 4) is 11.4 Å². The summed E-state index contributed by atoms with van der Waals surface area (Å²) in [6.07, 6.45) is 0. The van der Waals surface area contributed by atoms with Gasteiger partial charge in [0, 0.05) is 50.9 Å². The molecule has 4 rings (SSSR count). The van der Waals surface area contributed by atoms with Gasteiger partial charge in [-0.3, -0.25) is 0 Å². The van der Waals surface area contributed by atoms with E-state index in [0.717, 1.165) is 29.9 Å². The zero-order valence-corrected chi connectivity index (χ0v) is 16.8. The van der Waals surface area contributed by atoms with E-state index in [1.54, 1.807) is 6.92 Å². The van der Waals surface area contributed by atoms with Gasteiger partial charge in [-0.05, 0) is 24.1 Å². The van der Waals surface area contributed by atoms with Crippen molar-refractivity contribution in [1.82, 2.24) is 20.4 Å². The summed E-state index contributed by atoms with van der Waals surface area (Å²) in [5.41, 5.74) is 4.37. The molecule has 1 saturated heterocycles. The topological polar surface area (TPSA) is 74.5 Å². The number of hydrogen-bond acceptors (Lipinski definition) is 5. The molecule has 2 amide bonds. The molecule has 7 nitrogen and oxygen atoms in total. The highest BCUT2D eigenvalue weighted by atomic mass is 16.5. The fourth-order valence-corrected chi connectivity index (χ4v) is 3.54. The summed E-state index contributed by atoms with van der Waals surface area (Å²) in [5.74, 6) is 1.15. The van der Waals surface area contributed by atoms with Gasteiger partial charge in [0.25, 0.3) is 0 Å². The quantitative estimate of drug-likeness (QED) is 0.738. The third kappa shape index (κ3) is 4.39. The smallest absolute Gasteiger partial charge is 0.317 e. The molecular formula is C22H25N5O2. The van der Waals surface area contributed by atoms with Crippen molar-refractivity contribution in [3.63, 3.8) is 0 Å². The van der Waals surface area contributed by atoms with E-state index in [0.29, 0.717) is 31.3 Å². The third-order valence-electron chi connectivity index (χ3n) is 5.19. The van der Waals surface area contributed by atoms with E-state index in [2.05, 4.69) is 39.4 Å². The Kier molecular flexibility index (Phi) is 5.46. The first-order valence-corrected chi connectivity index (χ1v) is 9.83. The number of hydrogen-bond donors (Lipinski definition) is 1.